The summed E-state index contributed by atoms with van der Waals surface area (Å²) in [5.74, 6) is 0. The van der Waals surface area contributed by atoms with Crippen LogP contribution in [-0.4, -0.2) is 14.7 Å². The second-order valence-corrected chi connectivity index (χ2v) is 4.79. The van der Waals surface area contributed by atoms with Crippen LogP contribution >= 0.6 is 0 Å². The van der Waals surface area contributed by atoms with E-state index in [0.29, 0.717) is 0 Å². The molecule has 0 spiro atoms. The van der Waals surface area contributed by atoms with Gasteiger partial charge in [0.05, 0.1) is 6.10 Å². The smallest absolute Gasteiger partial charge is 0.0804 e. The lowest BCUT2D eigenvalue weighted by atomic mass is 10.1. The van der Waals surface area contributed by atoms with Crippen molar-refractivity contribution in [2.45, 2.75) is 39.3 Å². The van der Waals surface area contributed by atoms with Gasteiger partial charge in [-0.2, -0.15) is 0 Å². The molecule has 1 N–H and O–H groups in total. The minimum absolute atomic E-state index is 0.341. The van der Waals surface area contributed by atoms with Crippen molar-refractivity contribution < 1.29 is 5.11 Å². The fraction of sp³-hybridized carbons (Fsp3) is 0.400. The molecule has 0 aromatic carbocycles. The summed E-state index contributed by atoms with van der Waals surface area (Å²) in [5, 5.41) is 9.92. The van der Waals surface area contributed by atoms with E-state index in [1.54, 1.807) is 0 Å². The molecule has 3 heteroatoms. The number of nitrogens with zero attached hydrogens (tertiary/aromatic N) is 2. The van der Waals surface area contributed by atoms with Crippen LogP contribution in [0.25, 0.3) is 0 Å². The van der Waals surface area contributed by atoms with Crippen molar-refractivity contribution in [1.29, 1.82) is 0 Å². The quantitative estimate of drug-likeness (QED) is 0.877. The molecule has 0 amide bonds. The Balaban J connectivity index is 2.06. The second kappa shape index (κ2) is 5.83. The van der Waals surface area contributed by atoms with Gasteiger partial charge >= 0.3 is 0 Å². The molecule has 2 aromatic heterocycles. The number of pyridine rings is 1. The van der Waals surface area contributed by atoms with Crippen molar-refractivity contribution in [3.63, 3.8) is 0 Å². The Labute approximate surface area is 108 Å². The Hall–Kier alpha value is -1.61. The third-order valence-electron chi connectivity index (χ3n) is 3.02. The van der Waals surface area contributed by atoms with Crippen LogP contribution in [0, 0.1) is 6.92 Å². The normalized spacial score (nSPS) is 12.6. The fourth-order valence-corrected chi connectivity index (χ4v) is 2.11. The van der Waals surface area contributed by atoms with Crippen molar-refractivity contribution in [2.24, 2.45) is 0 Å². The maximum Gasteiger partial charge on any atom is 0.0804 e. The van der Waals surface area contributed by atoms with E-state index >= 15 is 0 Å². The summed E-state index contributed by atoms with van der Waals surface area (Å²) < 4.78 is 2.09. The third kappa shape index (κ3) is 3.20. The minimum atomic E-state index is -0.341. The Kier molecular flexibility index (Phi) is 4.15. The first-order valence-corrected chi connectivity index (χ1v) is 6.43. The Morgan fingerprint density at radius 2 is 2.22 bits per heavy atom. The zero-order chi connectivity index (χ0) is 13.0. The Morgan fingerprint density at radius 1 is 1.39 bits per heavy atom. The second-order valence-electron chi connectivity index (χ2n) is 4.79. The average Bonchev–Trinajstić information content (AvgIpc) is 2.78. The van der Waals surface area contributed by atoms with E-state index in [-0.39, 0.29) is 6.10 Å². The molecule has 1 unspecified atom stereocenters. The van der Waals surface area contributed by atoms with E-state index in [0.717, 1.165) is 24.9 Å². The van der Waals surface area contributed by atoms with E-state index in [1.807, 2.05) is 37.8 Å². The highest BCUT2D eigenvalue weighted by molar-refractivity contribution is 5.19. The molecule has 1 atom stereocenters. The summed E-state index contributed by atoms with van der Waals surface area (Å²) in [4.78, 5) is 4.19. The van der Waals surface area contributed by atoms with Gasteiger partial charge in [-0.25, -0.2) is 0 Å². The van der Waals surface area contributed by atoms with Crippen LogP contribution in [0.4, 0.5) is 0 Å². The molecule has 0 aliphatic carbocycles. The lowest BCUT2D eigenvalue weighted by Crippen LogP contribution is -1.99. The molecule has 0 radical (unpaired) electrons. The maximum absolute atomic E-state index is 9.92. The molecule has 2 aromatic rings. The highest BCUT2D eigenvalue weighted by atomic mass is 16.3. The first-order valence-electron chi connectivity index (χ1n) is 6.43. The first-order chi connectivity index (χ1) is 8.69. The molecule has 3 nitrogen and oxygen atoms in total. The van der Waals surface area contributed by atoms with Gasteiger partial charge in [-0.1, -0.05) is 19.4 Å². The number of aryl methyl sites for hydroxylation is 1. The fourth-order valence-electron chi connectivity index (χ4n) is 2.11. The standard InChI is InChI=1S/C15H20N2O/c1-3-4-15(18)14-5-6-17(11-14)10-13-7-12(2)8-16-9-13/h5-9,11,15,18H,3-4,10H2,1-2H3. The van der Waals surface area contributed by atoms with E-state index in [9.17, 15) is 5.11 Å². The molecule has 0 fully saturated rings. The van der Waals surface area contributed by atoms with E-state index in [2.05, 4.69) is 22.5 Å². The van der Waals surface area contributed by atoms with Crippen molar-refractivity contribution in [3.8, 4) is 0 Å². The number of aliphatic hydroxyl groups is 1. The van der Waals surface area contributed by atoms with Gasteiger partial charge in [0.15, 0.2) is 0 Å². The highest BCUT2D eigenvalue weighted by Crippen LogP contribution is 2.18. The van der Waals surface area contributed by atoms with Gasteiger partial charge < -0.3 is 9.67 Å². The largest absolute Gasteiger partial charge is 0.388 e. The first kappa shape index (κ1) is 12.8. The van der Waals surface area contributed by atoms with Gasteiger partial charge in [-0.05, 0) is 36.1 Å². The molecule has 0 saturated carbocycles. The molecule has 0 aliphatic rings. The lowest BCUT2D eigenvalue weighted by molar-refractivity contribution is 0.166. The van der Waals surface area contributed by atoms with Gasteiger partial charge in [0.2, 0.25) is 0 Å². The van der Waals surface area contributed by atoms with Crippen molar-refractivity contribution in [1.82, 2.24) is 9.55 Å². The molecule has 0 saturated heterocycles. The Morgan fingerprint density at radius 3 is 2.94 bits per heavy atom. The minimum Gasteiger partial charge on any atom is -0.388 e. The summed E-state index contributed by atoms with van der Waals surface area (Å²) in [6.07, 6.45) is 9.24. The van der Waals surface area contributed by atoms with Gasteiger partial charge in [0.25, 0.3) is 0 Å². The summed E-state index contributed by atoms with van der Waals surface area (Å²) in [6.45, 7) is 4.93. The molecule has 18 heavy (non-hydrogen) atoms. The molecule has 96 valence electrons. The van der Waals surface area contributed by atoms with Gasteiger partial charge in [-0.3, -0.25) is 4.98 Å². The highest BCUT2D eigenvalue weighted by Gasteiger charge is 2.07. The third-order valence-corrected chi connectivity index (χ3v) is 3.02. The Bertz CT molecular complexity index is 505. The van der Waals surface area contributed by atoms with Crippen LogP contribution in [-0.2, 0) is 6.54 Å². The number of rotatable bonds is 5. The van der Waals surface area contributed by atoms with E-state index in [1.165, 1.54) is 11.1 Å². The van der Waals surface area contributed by atoms with Gasteiger partial charge in [-0.15, -0.1) is 0 Å². The zero-order valence-electron chi connectivity index (χ0n) is 11.0. The number of hydrogen-bond acceptors (Lipinski definition) is 2. The maximum atomic E-state index is 9.92. The molecular weight excluding hydrogens is 224 g/mol. The summed E-state index contributed by atoms with van der Waals surface area (Å²) >= 11 is 0. The van der Waals surface area contributed by atoms with Crippen LogP contribution < -0.4 is 0 Å². The van der Waals surface area contributed by atoms with Crippen LogP contribution in [0.1, 0.15) is 42.6 Å². The van der Waals surface area contributed by atoms with Crippen molar-refractivity contribution >= 4 is 0 Å². The predicted octanol–water partition coefficient (Wildman–Crippen LogP) is 3.07. The lowest BCUT2D eigenvalue weighted by Gasteiger charge is -2.07. The summed E-state index contributed by atoms with van der Waals surface area (Å²) in [6, 6.07) is 4.12. The average molecular weight is 244 g/mol. The van der Waals surface area contributed by atoms with Crippen LogP contribution in [0.5, 0.6) is 0 Å². The molecule has 2 rings (SSSR count). The molecule has 2 heterocycles. The summed E-state index contributed by atoms with van der Waals surface area (Å²) in [5.41, 5.74) is 3.35. The molecule has 0 aliphatic heterocycles. The van der Waals surface area contributed by atoms with E-state index < -0.39 is 0 Å². The SMILES string of the molecule is CCCC(O)c1ccn(Cc2cncc(C)c2)c1. The van der Waals surface area contributed by atoms with Crippen LogP contribution in [0.2, 0.25) is 0 Å². The van der Waals surface area contributed by atoms with E-state index in [4.69, 9.17) is 0 Å². The number of aliphatic hydroxyl groups excluding tert-OH is 1. The molecule has 0 bridgehead atoms. The monoisotopic (exact) mass is 244 g/mol. The number of hydrogen-bond donors (Lipinski definition) is 1. The topological polar surface area (TPSA) is 38.0 Å². The van der Waals surface area contributed by atoms with Crippen LogP contribution in [0.15, 0.2) is 36.9 Å². The van der Waals surface area contributed by atoms with Crippen molar-refractivity contribution in [3.05, 3.63) is 53.6 Å². The zero-order valence-corrected chi connectivity index (χ0v) is 11.0. The van der Waals surface area contributed by atoms with Gasteiger partial charge in [0.1, 0.15) is 0 Å². The summed E-state index contributed by atoms with van der Waals surface area (Å²) in [7, 11) is 0. The number of aromatic nitrogens is 2. The van der Waals surface area contributed by atoms with Crippen molar-refractivity contribution in [2.75, 3.05) is 0 Å². The van der Waals surface area contributed by atoms with Crippen LogP contribution in [0.3, 0.4) is 0 Å². The van der Waals surface area contributed by atoms with Gasteiger partial charge in [0, 0.05) is 31.3 Å². The molecular formula is C15H20N2O. The predicted molar refractivity (Wildman–Crippen MR) is 72.4 cm³/mol.